The van der Waals surface area contributed by atoms with Gasteiger partial charge in [0.15, 0.2) is 5.78 Å². The molecular weight excluding hydrogens is 434 g/mol. The van der Waals surface area contributed by atoms with E-state index >= 15 is 0 Å². The number of ketones is 1. The highest BCUT2D eigenvalue weighted by Crippen LogP contribution is 2.50. The lowest BCUT2D eigenvalue weighted by Gasteiger charge is -2.38. The Morgan fingerprint density at radius 2 is 1.71 bits per heavy atom. The lowest BCUT2D eigenvalue weighted by molar-refractivity contribution is -0.384. The summed E-state index contributed by atoms with van der Waals surface area (Å²) in [6.45, 7) is 5.75. The lowest BCUT2D eigenvalue weighted by Crippen LogP contribution is -2.50. The molecule has 0 saturated carbocycles. The van der Waals surface area contributed by atoms with E-state index in [-0.39, 0.29) is 34.9 Å². The molecule has 5 rings (SSSR count). The molecular formula is C26H25N3O5. The van der Waals surface area contributed by atoms with Crippen LogP contribution in [0.3, 0.4) is 0 Å². The van der Waals surface area contributed by atoms with E-state index in [0.717, 1.165) is 16.8 Å². The van der Waals surface area contributed by atoms with Gasteiger partial charge in [-0.25, -0.2) is 0 Å². The summed E-state index contributed by atoms with van der Waals surface area (Å²) in [5, 5.41) is 11.1. The van der Waals surface area contributed by atoms with Crippen molar-refractivity contribution in [2.45, 2.75) is 45.3 Å². The Morgan fingerprint density at radius 3 is 2.35 bits per heavy atom. The first-order chi connectivity index (χ1) is 16.3. The van der Waals surface area contributed by atoms with Crippen LogP contribution < -0.4 is 4.90 Å². The Bertz CT molecular complexity index is 1250. The van der Waals surface area contributed by atoms with E-state index in [1.165, 1.54) is 29.2 Å². The third-order valence-corrected chi connectivity index (χ3v) is 7.45. The summed E-state index contributed by atoms with van der Waals surface area (Å²) >= 11 is 0. The molecule has 0 N–H and O–H groups in total. The van der Waals surface area contributed by atoms with Crippen molar-refractivity contribution in [2.75, 3.05) is 4.90 Å². The molecule has 8 nitrogen and oxygen atoms in total. The number of fused-ring (bicyclic) bond motifs is 5. The number of nitrogens with zero attached hydrogens (tertiary/aromatic N) is 3. The lowest BCUT2D eigenvalue weighted by atomic mass is 9.85. The van der Waals surface area contributed by atoms with Crippen molar-refractivity contribution in [1.29, 1.82) is 0 Å². The van der Waals surface area contributed by atoms with Crippen molar-refractivity contribution in [3.63, 3.8) is 0 Å². The number of non-ortho nitro benzene ring substituents is 1. The number of para-hydroxylation sites is 1. The second-order valence-corrected chi connectivity index (χ2v) is 9.23. The first-order valence-corrected chi connectivity index (χ1v) is 11.5. The van der Waals surface area contributed by atoms with E-state index in [2.05, 4.69) is 0 Å². The molecule has 0 bridgehead atoms. The number of hydrogen-bond acceptors (Lipinski definition) is 6. The molecule has 2 saturated heterocycles. The quantitative estimate of drug-likeness (QED) is 0.291. The SMILES string of the molecule is CC[C@H](C)N1C(=O)[C@@H]2[C@H](C1=O)[C@H](C(=O)c1ccc([N+](=O)[O-])cc1)N1c3ccccc3C(C)=C[C@H]21. The van der Waals surface area contributed by atoms with Crippen molar-refractivity contribution in [2.24, 2.45) is 11.8 Å². The summed E-state index contributed by atoms with van der Waals surface area (Å²) in [5.41, 5.74) is 2.94. The van der Waals surface area contributed by atoms with Gasteiger partial charge in [-0.05, 0) is 44.0 Å². The summed E-state index contributed by atoms with van der Waals surface area (Å²) in [6.07, 6.45) is 2.62. The summed E-state index contributed by atoms with van der Waals surface area (Å²) in [4.78, 5) is 54.9. The maximum Gasteiger partial charge on any atom is 0.269 e. The second kappa shape index (κ2) is 7.90. The number of Topliss-reactive ketones (excluding diaryl/α,β-unsaturated/α-hetero) is 1. The number of hydrogen-bond donors (Lipinski definition) is 0. The molecule has 2 aromatic carbocycles. The number of nitro benzene ring substituents is 1. The summed E-state index contributed by atoms with van der Waals surface area (Å²) in [5.74, 6) is -2.34. The minimum absolute atomic E-state index is 0.115. The van der Waals surface area contributed by atoms with E-state index in [0.29, 0.717) is 6.42 Å². The molecule has 5 atom stereocenters. The Kier molecular flexibility index (Phi) is 5.11. The first kappa shape index (κ1) is 22.0. The molecule has 34 heavy (non-hydrogen) atoms. The summed E-state index contributed by atoms with van der Waals surface area (Å²) in [7, 11) is 0. The van der Waals surface area contributed by atoms with Crippen LogP contribution in [-0.2, 0) is 9.59 Å². The predicted octanol–water partition coefficient (Wildman–Crippen LogP) is 3.85. The minimum Gasteiger partial charge on any atom is -0.352 e. The molecule has 174 valence electrons. The van der Waals surface area contributed by atoms with Gasteiger partial charge in [-0.3, -0.25) is 29.4 Å². The van der Waals surface area contributed by atoms with Crippen LogP contribution in [0.1, 0.15) is 43.1 Å². The molecule has 3 heterocycles. The number of imide groups is 1. The average Bonchev–Trinajstić information content (AvgIpc) is 3.31. The molecule has 0 radical (unpaired) electrons. The predicted molar refractivity (Wildman–Crippen MR) is 126 cm³/mol. The van der Waals surface area contributed by atoms with E-state index < -0.39 is 28.8 Å². The Hall–Kier alpha value is -3.81. The number of benzene rings is 2. The molecule has 2 aromatic rings. The highest BCUT2D eigenvalue weighted by molar-refractivity contribution is 6.14. The van der Waals surface area contributed by atoms with Crippen LogP contribution in [0.15, 0.2) is 54.6 Å². The van der Waals surface area contributed by atoms with E-state index in [4.69, 9.17) is 0 Å². The monoisotopic (exact) mass is 459 g/mol. The number of nitro groups is 1. The van der Waals surface area contributed by atoms with E-state index in [1.807, 2.05) is 56.0 Å². The third-order valence-electron chi connectivity index (χ3n) is 7.45. The summed E-state index contributed by atoms with van der Waals surface area (Å²) < 4.78 is 0. The van der Waals surface area contributed by atoms with Gasteiger partial charge in [-0.15, -0.1) is 0 Å². The molecule has 3 aliphatic rings. The fraction of sp³-hybridized carbons (Fsp3) is 0.346. The van der Waals surface area contributed by atoms with Gasteiger partial charge in [0, 0.05) is 35.0 Å². The molecule has 8 heteroatoms. The van der Waals surface area contributed by atoms with Gasteiger partial charge in [0.1, 0.15) is 6.04 Å². The van der Waals surface area contributed by atoms with Crippen molar-refractivity contribution in [3.05, 3.63) is 75.8 Å². The Balaban J connectivity index is 1.65. The van der Waals surface area contributed by atoms with Crippen molar-refractivity contribution in [1.82, 2.24) is 4.90 Å². The highest BCUT2D eigenvalue weighted by Gasteiger charge is 2.64. The molecule has 2 amide bonds. The number of allylic oxidation sites excluding steroid dienone is 1. The Morgan fingerprint density at radius 1 is 1.06 bits per heavy atom. The average molecular weight is 460 g/mol. The van der Waals surface area contributed by atoms with Crippen LogP contribution in [0, 0.1) is 22.0 Å². The second-order valence-electron chi connectivity index (χ2n) is 9.23. The van der Waals surface area contributed by atoms with Crippen LogP contribution in [0.25, 0.3) is 5.57 Å². The standard InChI is InChI=1S/C26H25N3O5/c1-4-15(3)27-25(31)21-20-13-14(2)18-7-5-6-8-19(18)28(20)23(22(21)26(27)32)24(30)16-9-11-17(12-10-16)29(33)34/h5-13,15,20-23H,4H2,1-3H3/t15-,20+,21-,22-,23+/m0/s1. The first-order valence-electron chi connectivity index (χ1n) is 11.5. The number of carbonyl (C=O) groups excluding carboxylic acids is 3. The molecule has 0 unspecified atom stereocenters. The normalized spacial score (nSPS) is 26.0. The van der Waals surface area contributed by atoms with Gasteiger partial charge in [0.05, 0.1) is 22.8 Å². The third kappa shape index (κ3) is 3.01. The van der Waals surface area contributed by atoms with Crippen LogP contribution in [-0.4, -0.2) is 45.5 Å². The van der Waals surface area contributed by atoms with Crippen LogP contribution in [0.2, 0.25) is 0 Å². The summed E-state index contributed by atoms with van der Waals surface area (Å²) in [6, 6.07) is 11.6. The number of amides is 2. The van der Waals surface area contributed by atoms with Crippen molar-refractivity contribution >= 4 is 34.5 Å². The Labute approximate surface area is 197 Å². The van der Waals surface area contributed by atoms with Crippen LogP contribution in [0.5, 0.6) is 0 Å². The van der Waals surface area contributed by atoms with Gasteiger partial charge in [-0.2, -0.15) is 0 Å². The zero-order valence-electron chi connectivity index (χ0n) is 19.2. The molecule has 0 aromatic heterocycles. The molecule has 2 fully saturated rings. The maximum atomic E-state index is 13.9. The minimum atomic E-state index is -0.882. The van der Waals surface area contributed by atoms with E-state index in [1.54, 1.807) is 0 Å². The smallest absolute Gasteiger partial charge is 0.269 e. The number of carbonyl (C=O) groups is 3. The molecule has 0 aliphatic carbocycles. The van der Waals surface area contributed by atoms with Crippen LogP contribution >= 0.6 is 0 Å². The highest BCUT2D eigenvalue weighted by atomic mass is 16.6. The topological polar surface area (TPSA) is 101 Å². The van der Waals surface area contributed by atoms with Crippen LogP contribution in [0.4, 0.5) is 11.4 Å². The fourth-order valence-electron chi connectivity index (χ4n) is 5.66. The molecule has 3 aliphatic heterocycles. The zero-order chi connectivity index (χ0) is 24.3. The van der Waals surface area contributed by atoms with Gasteiger partial charge in [-0.1, -0.05) is 31.2 Å². The maximum absolute atomic E-state index is 13.9. The molecule has 0 spiro atoms. The fourth-order valence-corrected chi connectivity index (χ4v) is 5.66. The largest absolute Gasteiger partial charge is 0.352 e. The van der Waals surface area contributed by atoms with Gasteiger partial charge < -0.3 is 4.90 Å². The van der Waals surface area contributed by atoms with Crippen molar-refractivity contribution in [3.8, 4) is 0 Å². The number of anilines is 1. The van der Waals surface area contributed by atoms with Gasteiger partial charge >= 0.3 is 0 Å². The van der Waals surface area contributed by atoms with E-state index in [9.17, 15) is 24.5 Å². The zero-order valence-corrected chi connectivity index (χ0v) is 19.2. The number of rotatable bonds is 5. The van der Waals surface area contributed by atoms with Gasteiger partial charge in [0.25, 0.3) is 5.69 Å². The van der Waals surface area contributed by atoms with Crippen molar-refractivity contribution < 1.29 is 19.3 Å². The van der Waals surface area contributed by atoms with Gasteiger partial charge in [0.2, 0.25) is 11.8 Å². The number of likely N-dealkylation sites (tertiary alicyclic amines) is 1.